The summed E-state index contributed by atoms with van der Waals surface area (Å²) in [5.74, 6) is 0.255. The third-order valence-corrected chi connectivity index (χ3v) is 5.33. The highest BCUT2D eigenvalue weighted by Crippen LogP contribution is 2.19. The van der Waals surface area contributed by atoms with Crippen molar-refractivity contribution in [1.29, 1.82) is 0 Å². The average molecular weight is 312 g/mol. The molecule has 5 nitrogen and oxygen atoms in total. The molecule has 1 aliphatic rings. The van der Waals surface area contributed by atoms with Gasteiger partial charge in [-0.25, -0.2) is 13.1 Å². The third-order valence-electron chi connectivity index (χ3n) is 3.76. The lowest BCUT2D eigenvalue weighted by Gasteiger charge is -2.19. The molecule has 118 valence electrons. The molecule has 0 amide bonds. The fourth-order valence-electron chi connectivity index (χ4n) is 2.38. The number of nitrogens with one attached hydrogen (secondary N) is 2. The lowest BCUT2D eigenvalue weighted by Crippen LogP contribution is -2.38. The van der Waals surface area contributed by atoms with Crippen LogP contribution in [0.3, 0.4) is 0 Å². The Labute approximate surface area is 127 Å². The highest BCUT2D eigenvalue weighted by Gasteiger charge is 2.26. The Balaban J connectivity index is 2.01. The van der Waals surface area contributed by atoms with Gasteiger partial charge in [0.05, 0.1) is 11.5 Å². The van der Waals surface area contributed by atoms with Crippen LogP contribution in [0.15, 0.2) is 29.2 Å². The molecule has 0 aliphatic carbocycles. The van der Waals surface area contributed by atoms with Gasteiger partial charge in [-0.2, -0.15) is 0 Å². The van der Waals surface area contributed by atoms with Gasteiger partial charge in [0.1, 0.15) is 0 Å². The number of rotatable bonds is 7. The number of benzene rings is 1. The van der Waals surface area contributed by atoms with E-state index in [1.165, 1.54) is 0 Å². The van der Waals surface area contributed by atoms with E-state index in [-0.39, 0.29) is 12.0 Å². The van der Waals surface area contributed by atoms with Gasteiger partial charge in [0, 0.05) is 30.8 Å². The molecule has 1 saturated heterocycles. The van der Waals surface area contributed by atoms with Crippen LogP contribution in [0.4, 0.5) is 5.69 Å². The molecule has 0 saturated carbocycles. The Morgan fingerprint density at radius 2 is 2.05 bits per heavy atom. The number of ether oxygens (including phenoxy) is 1. The molecule has 2 atom stereocenters. The molecular weight excluding hydrogens is 288 g/mol. The molecular formula is C15H24N2O3S. The second-order valence-corrected chi connectivity index (χ2v) is 7.20. The van der Waals surface area contributed by atoms with Crippen LogP contribution >= 0.6 is 0 Å². The van der Waals surface area contributed by atoms with E-state index in [0.29, 0.717) is 18.1 Å². The van der Waals surface area contributed by atoms with Crippen molar-refractivity contribution in [2.24, 2.45) is 5.92 Å². The minimum Gasteiger partial charge on any atom is -0.385 e. The van der Waals surface area contributed by atoms with Crippen molar-refractivity contribution in [3.05, 3.63) is 24.3 Å². The summed E-state index contributed by atoms with van der Waals surface area (Å²) in [6, 6.07) is 6.76. The van der Waals surface area contributed by atoms with Crippen LogP contribution in [0.1, 0.15) is 26.7 Å². The maximum atomic E-state index is 12.4. The van der Waals surface area contributed by atoms with Crippen LogP contribution in [-0.2, 0) is 14.8 Å². The molecule has 1 aromatic rings. The van der Waals surface area contributed by atoms with Crippen LogP contribution in [0, 0.1) is 5.92 Å². The molecule has 1 aromatic carbocycles. The van der Waals surface area contributed by atoms with Crippen molar-refractivity contribution < 1.29 is 13.2 Å². The smallest absolute Gasteiger partial charge is 0.240 e. The normalized spacial score (nSPS) is 20.4. The Morgan fingerprint density at radius 3 is 2.62 bits per heavy atom. The summed E-state index contributed by atoms with van der Waals surface area (Å²) in [6.45, 7) is 6.21. The van der Waals surface area contributed by atoms with Gasteiger partial charge in [0.2, 0.25) is 10.0 Å². The van der Waals surface area contributed by atoms with Crippen molar-refractivity contribution in [2.45, 2.75) is 37.6 Å². The Morgan fingerprint density at radius 1 is 1.33 bits per heavy atom. The van der Waals surface area contributed by atoms with E-state index in [1.807, 2.05) is 6.92 Å². The van der Waals surface area contributed by atoms with Crippen molar-refractivity contribution in [3.8, 4) is 0 Å². The summed E-state index contributed by atoms with van der Waals surface area (Å²) in [5.41, 5.74) is 0.938. The van der Waals surface area contributed by atoms with Crippen molar-refractivity contribution in [3.63, 3.8) is 0 Å². The standard InChI is InChI=1S/C15H24N2O3S/c1-3-9-16-14-4-6-15(7-5-14)21(18,19)17-12(2)13-8-10-20-11-13/h4-7,12-13,16-17H,3,8-11H2,1-2H3. The molecule has 1 fully saturated rings. The molecule has 2 N–H and O–H groups in total. The quantitative estimate of drug-likeness (QED) is 0.810. The number of hydrogen-bond donors (Lipinski definition) is 2. The van der Waals surface area contributed by atoms with Gasteiger partial charge in [0.25, 0.3) is 0 Å². The summed E-state index contributed by atoms with van der Waals surface area (Å²) in [7, 11) is -3.47. The van der Waals surface area contributed by atoms with Gasteiger partial charge < -0.3 is 10.1 Å². The van der Waals surface area contributed by atoms with E-state index in [9.17, 15) is 8.42 Å². The maximum absolute atomic E-state index is 12.4. The summed E-state index contributed by atoms with van der Waals surface area (Å²) in [5, 5.41) is 3.23. The molecule has 2 rings (SSSR count). The third kappa shape index (κ3) is 4.43. The van der Waals surface area contributed by atoms with Crippen LogP contribution in [0.25, 0.3) is 0 Å². The predicted molar refractivity (Wildman–Crippen MR) is 83.9 cm³/mol. The van der Waals surface area contributed by atoms with E-state index in [0.717, 1.165) is 25.1 Å². The monoisotopic (exact) mass is 312 g/mol. The van der Waals surface area contributed by atoms with Crippen molar-refractivity contribution >= 4 is 15.7 Å². The van der Waals surface area contributed by atoms with E-state index >= 15 is 0 Å². The lowest BCUT2D eigenvalue weighted by atomic mass is 10.0. The Hall–Kier alpha value is -1.11. The Kier molecular flexibility index (Phi) is 5.61. The molecule has 0 bridgehead atoms. The fourth-order valence-corrected chi connectivity index (χ4v) is 3.69. The molecule has 2 unspecified atom stereocenters. The zero-order valence-corrected chi connectivity index (χ0v) is 13.4. The van der Waals surface area contributed by atoms with Gasteiger partial charge in [-0.15, -0.1) is 0 Å². The first-order chi connectivity index (χ1) is 10.0. The molecule has 1 aliphatic heterocycles. The topological polar surface area (TPSA) is 67.4 Å². The lowest BCUT2D eigenvalue weighted by molar-refractivity contribution is 0.180. The zero-order chi connectivity index (χ0) is 15.3. The first kappa shape index (κ1) is 16.3. The van der Waals surface area contributed by atoms with E-state index < -0.39 is 10.0 Å². The summed E-state index contributed by atoms with van der Waals surface area (Å²) in [6.07, 6.45) is 1.94. The van der Waals surface area contributed by atoms with Crippen molar-refractivity contribution in [2.75, 3.05) is 25.1 Å². The number of hydrogen-bond acceptors (Lipinski definition) is 4. The van der Waals surface area contributed by atoms with E-state index in [1.54, 1.807) is 24.3 Å². The van der Waals surface area contributed by atoms with Gasteiger partial charge >= 0.3 is 0 Å². The Bertz CT molecular complexity index is 537. The second kappa shape index (κ2) is 7.24. The number of anilines is 1. The average Bonchev–Trinajstić information content (AvgIpc) is 2.99. The van der Waals surface area contributed by atoms with Crippen LogP contribution in [0.5, 0.6) is 0 Å². The molecule has 0 aromatic heterocycles. The minimum atomic E-state index is -3.47. The van der Waals surface area contributed by atoms with E-state index in [2.05, 4.69) is 17.0 Å². The van der Waals surface area contributed by atoms with Crippen LogP contribution in [-0.4, -0.2) is 34.2 Å². The first-order valence-electron chi connectivity index (χ1n) is 7.47. The fraction of sp³-hybridized carbons (Fsp3) is 0.600. The summed E-state index contributed by atoms with van der Waals surface area (Å²) in [4.78, 5) is 0.301. The second-order valence-electron chi connectivity index (χ2n) is 5.48. The number of sulfonamides is 1. The van der Waals surface area contributed by atoms with Gasteiger partial charge in [-0.1, -0.05) is 6.92 Å². The SMILES string of the molecule is CCCNc1ccc(S(=O)(=O)NC(C)C2CCOC2)cc1. The van der Waals surface area contributed by atoms with Crippen molar-refractivity contribution in [1.82, 2.24) is 4.72 Å². The highest BCUT2D eigenvalue weighted by atomic mass is 32.2. The largest absolute Gasteiger partial charge is 0.385 e. The minimum absolute atomic E-state index is 0.115. The van der Waals surface area contributed by atoms with Crippen LogP contribution < -0.4 is 10.0 Å². The first-order valence-corrected chi connectivity index (χ1v) is 8.95. The molecule has 21 heavy (non-hydrogen) atoms. The molecule has 0 spiro atoms. The van der Waals surface area contributed by atoms with Gasteiger partial charge in [0.15, 0.2) is 0 Å². The van der Waals surface area contributed by atoms with Gasteiger partial charge in [-0.05, 0) is 44.0 Å². The molecule has 1 heterocycles. The van der Waals surface area contributed by atoms with Crippen LogP contribution in [0.2, 0.25) is 0 Å². The summed E-state index contributed by atoms with van der Waals surface area (Å²) >= 11 is 0. The zero-order valence-electron chi connectivity index (χ0n) is 12.6. The van der Waals surface area contributed by atoms with E-state index in [4.69, 9.17) is 4.74 Å². The molecule has 6 heteroatoms. The van der Waals surface area contributed by atoms with Gasteiger partial charge in [-0.3, -0.25) is 0 Å². The highest BCUT2D eigenvalue weighted by molar-refractivity contribution is 7.89. The molecule has 0 radical (unpaired) electrons. The predicted octanol–water partition coefficient (Wildman–Crippen LogP) is 2.21. The summed E-state index contributed by atoms with van der Waals surface area (Å²) < 4.78 is 32.8. The maximum Gasteiger partial charge on any atom is 0.240 e.